The number of benzene rings is 1. The summed E-state index contributed by atoms with van der Waals surface area (Å²) in [6, 6.07) is 9.65. The number of nitrogens with zero attached hydrogens (tertiary/aromatic N) is 3. The molecule has 7 heteroatoms. The van der Waals surface area contributed by atoms with E-state index in [4.69, 9.17) is 9.47 Å². The van der Waals surface area contributed by atoms with Gasteiger partial charge in [-0.05, 0) is 45.0 Å². The summed E-state index contributed by atoms with van der Waals surface area (Å²) in [6.45, 7) is 4.56. The molecular formula is C21H28N4O3. The third-order valence-corrected chi connectivity index (χ3v) is 4.81. The lowest BCUT2D eigenvalue weighted by atomic mass is 9.93. The monoisotopic (exact) mass is 384 g/mol. The first-order valence-corrected chi connectivity index (χ1v) is 9.70. The van der Waals surface area contributed by atoms with Crippen LogP contribution in [0.4, 0.5) is 0 Å². The maximum atomic E-state index is 12.2. The van der Waals surface area contributed by atoms with Crippen LogP contribution < -0.4 is 10.1 Å². The molecule has 3 rings (SSSR count). The van der Waals surface area contributed by atoms with Gasteiger partial charge in [-0.2, -0.15) is 0 Å². The van der Waals surface area contributed by atoms with E-state index in [1.54, 1.807) is 19.5 Å². The first kappa shape index (κ1) is 20.2. The van der Waals surface area contributed by atoms with Gasteiger partial charge in [-0.15, -0.1) is 0 Å². The zero-order valence-electron chi connectivity index (χ0n) is 16.5. The molecule has 7 nitrogen and oxygen atoms in total. The van der Waals surface area contributed by atoms with Crippen molar-refractivity contribution in [2.75, 3.05) is 33.4 Å². The Hall–Kier alpha value is -2.51. The van der Waals surface area contributed by atoms with E-state index in [1.807, 2.05) is 37.3 Å². The zero-order chi connectivity index (χ0) is 19.8. The number of amides is 1. The quantitative estimate of drug-likeness (QED) is 0.754. The molecule has 1 aromatic carbocycles. The van der Waals surface area contributed by atoms with Crippen LogP contribution in [0.3, 0.4) is 0 Å². The van der Waals surface area contributed by atoms with E-state index in [0.717, 1.165) is 37.4 Å². The third-order valence-electron chi connectivity index (χ3n) is 4.81. The molecule has 1 saturated heterocycles. The van der Waals surface area contributed by atoms with Crippen LogP contribution in [0.5, 0.6) is 11.6 Å². The molecule has 1 aliphatic rings. The highest BCUT2D eigenvalue weighted by Crippen LogP contribution is 2.33. The van der Waals surface area contributed by atoms with E-state index in [1.165, 1.54) is 0 Å². The molecule has 28 heavy (non-hydrogen) atoms. The van der Waals surface area contributed by atoms with E-state index < -0.39 is 0 Å². The van der Waals surface area contributed by atoms with E-state index in [-0.39, 0.29) is 17.9 Å². The van der Waals surface area contributed by atoms with Crippen molar-refractivity contribution in [2.24, 2.45) is 0 Å². The minimum absolute atomic E-state index is 0.0207. The summed E-state index contributed by atoms with van der Waals surface area (Å²) in [7, 11) is 1.63. The maximum Gasteiger partial charge on any atom is 0.241 e. The molecule has 1 aliphatic heterocycles. The van der Waals surface area contributed by atoms with E-state index >= 15 is 0 Å². The highest BCUT2D eigenvalue weighted by Gasteiger charge is 2.26. The zero-order valence-corrected chi connectivity index (χ0v) is 16.5. The summed E-state index contributed by atoms with van der Waals surface area (Å²) in [5.74, 6) is 1.64. The predicted octanol–water partition coefficient (Wildman–Crippen LogP) is 2.60. The van der Waals surface area contributed by atoms with E-state index in [2.05, 4.69) is 20.2 Å². The Morgan fingerprint density at radius 2 is 1.93 bits per heavy atom. The van der Waals surface area contributed by atoms with Crippen molar-refractivity contribution < 1.29 is 14.3 Å². The molecule has 0 unspecified atom stereocenters. The average Bonchev–Trinajstić information content (AvgIpc) is 2.70. The van der Waals surface area contributed by atoms with Gasteiger partial charge in [-0.3, -0.25) is 14.7 Å². The molecule has 2 heterocycles. The molecule has 0 spiro atoms. The number of hydrogen-bond acceptors (Lipinski definition) is 6. The molecule has 1 N–H and O–H groups in total. The second-order valence-electron chi connectivity index (χ2n) is 7.14. The predicted molar refractivity (Wildman–Crippen MR) is 106 cm³/mol. The van der Waals surface area contributed by atoms with Crippen LogP contribution in [0, 0.1) is 0 Å². The standard InChI is InChI=1S/C21H28N4O3/c1-16(15-27-2)24-19(26)14-25-12-8-17(9-13-25)20-21(23-11-10-22-20)28-18-6-4-3-5-7-18/h3-7,10-11,16-17H,8-9,12-15H2,1-2H3,(H,24,26)/t16-/m0/s1. The van der Waals surface area contributed by atoms with Crippen LogP contribution in [-0.4, -0.2) is 60.2 Å². The molecule has 1 fully saturated rings. The minimum atomic E-state index is 0.0207. The molecule has 0 aliphatic carbocycles. The van der Waals surface area contributed by atoms with Gasteiger partial charge in [0.2, 0.25) is 11.8 Å². The van der Waals surface area contributed by atoms with Gasteiger partial charge in [0.15, 0.2) is 0 Å². The Bertz CT molecular complexity index is 748. The number of piperidine rings is 1. The molecule has 1 amide bonds. The Morgan fingerprint density at radius 3 is 2.64 bits per heavy atom. The number of likely N-dealkylation sites (tertiary alicyclic amines) is 1. The number of hydrogen-bond donors (Lipinski definition) is 1. The van der Waals surface area contributed by atoms with Gasteiger partial charge in [-0.25, -0.2) is 4.98 Å². The highest BCUT2D eigenvalue weighted by molar-refractivity contribution is 5.78. The van der Waals surface area contributed by atoms with Crippen LogP contribution >= 0.6 is 0 Å². The van der Waals surface area contributed by atoms with Crippen molar-refractivity contribution in [1.82, 2.24) is 20.2 Å². The maximum absolute atomic E-state index is 12.2. The fourth-order valence-corrected chi connectivity index (χ4v) is 3.47. The molecule has 0 saturated carbocycles. The number of ether oxygens (including phenoxy) is 2. The van der Waals surface area contributed by atoms with Crippen LogP contribution in [0.25, 0.3) is 0 Å². The smallest absolute Gasteiger partial charge is 0.241 e. The number of methoxy groups -OCH3 is 1. The fourth-order valence-electron chi connectivity index (χ4n) is 3.47. The molecule has 1 aromatic heterocycles. The van der Waals surface area contributed by atoms with Gasteiger partial charge < -0.3 is 14.8 Å². The lowest BCUT2D eigenvalue weighted by molar-refractivity contribution is -0.123. The fraction of sp³-hybridized carbons (Fsp3) is 0.476. The molecule has 0 radical (unpaired) electrons. The summed E-state index contributed by atoms with van der Waals surface area (Å²) >= 11 is 0. The van der Waals surface area contributed by atoms with Crippen LogP contribution in [0.15, 0.2) is 42.7 Å². The summed E-state index contributed by atoms with van der Waals surface area (Å²) in [4.78, 5) is 23.3. The SMILES string of the molecule is COC[C@H](C)NC(=O)CN1CCC(c2nccnc2Oc2ccccc2)CC1. The Labute approximate surface area is 166 Å². The summed E-state index contributed by atoms with van der Waals surface area (Å²) < 4.78 is 11.0. The second kappa shape index (κ2) is 10.1. The van der Waals surface area contributed by atoms with Crippen molar-refractivity contribution in [3.63, 3.8) is 0 Å². The van der Waals surface area contributed by atoms with Gasteiger partial charge in [0, 0.05) is 31.5 Å². The summed E-state index contributed by atoms with van der Waals surface area (Å²) in [5, 5.41) is 2.96. The van der Waals surface area contributed by atoms with Gasteiger partial charge in [-0.1, -0.05) is 18.2 Å². The Morgan fingerprint density at radius 1 is 1.21 bits per heavy atom. The highest BCUT2D eigenvalue weighted by atomic mass is 16.5. The number of aromatic nitrogens is 2. The van der Waals surface area contributed by atoms with Crippen molar-refractivity contribution in [3.8, 4) is 11.6 Å². The van der Waals surface area contributed by atoms with Gasteiger partial charge >= 0.3 is 0 Å². The number of carbonyl (C=O) groups excluding carboxylic acids is 1. The van der Waals surface area contributed by atoms with Crippen molar-refractivity contribution >= 4 is 5.91 Å². The normalized spacial score (nSPS) is 16.5. The van der Waals surface area contributed by atoms with Gasteiger partial charge in [0.1, 0.15) is 11.4 Å². The Balaban J connectivity index is 1.54. The van der Waals surface area contributed by atoms with Crippen molar-refractivity contribution in [1.29, 1.82) is 0 Å². The number of para-hydroxylation sites is 1. The summed E-state index contributed by atoms with van der Waals surface area (Å²) in [6.07, 6.45) is 5.21. The van der Waals surface area contributed by atoms with Crippen LogP contribution in [-0.2, 0) is 9.53 Å². The molecule has 0 bridgehead atoms. The van der Waals surface area contributed by atoms with Crippen molar-refractivity contribution in [2.45, 2.75) is 31.7 Å². The van der Waals surface area contributed by atoms with Gasteiger partial charge in [0.05, 0.1) is 13.2 Å². The number of rotatable bonds is 8. The molecule has 1 atom stereocenters. The molecular weight excluding hydrogens is 356 g/mol. The largest absolute Gasteiger partial charge is 0.437 e. The van der Waals surface area contributed by atoms with E-state index in [0.29, 0.717) is 19.0 Å². The lowest BCUT2D eigenvalue weighted by Crippen LogP contribution is -2.44. The van der Waals surface area contributed by atoms with Crippen LogP contribution in [0.1, 0.15) is 31.4 Å². The average molecular weight is 384 g/mol. The lowest BCUT2D eigenvalue weighted by Gasteiger charge is -2.31. The van der Waals surface area contributed by atoms with Crippen molar-refractivity contribution in [3.05, 3.63) is 48.4 Å². The first-order chi connectivity index (χ1) is 13.7. The minimum Gasteiger partial charge on any atom is -0.437 e. The number of nitrogens with one attached hydrogen (secondary N) is 1. The third kappa shape index (κ3) is 5.74. The van der Waals surface area contributed by atoms with Gasteiger partial charge in [0.25, 0.3) is 0 Å². The topological polar surface area (TPSA) is 76.6 Å². The van der Waals surface area contributed by atoms with Crippen LogP contribution in [0.2, 0.25) is 0 Å². The Kier molecular flexibility index (Phi) is 7.33. The molecule has 150 valence electrons. The second-order valence-corrected chi connectivity index (χ2v) is 7.14. The molecule has 2 aromatic rings. The summed E-state index contributed by atoms with van der Waals surface area (Å²) in [5.41, 5.74) is 0.893. The first-order valence-electron chi connectivity index (χ1n) is 9.70. The number of carbonyl (C=O) groups is 1. The van der Waals surface area contributed by atoms with E-state index in [9.17, 15) is 4.79 Å².